The molecule has 2 aromatic carbocycles. The van der Waals surface area contributed by atoms with E-state index in [9.17, 15) is 19.2 Å². The number of nitrogens with one attached hydrogen (secondary N) is 3. The first-order valence-corrected chi connectivity index (χ1v) is 12.2. The predicted molar refractivity (Wildman–Crippen MR) is 133 cm³/mol. The number of urea groups is 1. The molecular formula is C24H28N6O4S. The molecule has 11 heteroatoms. The lowest BCUT2D eigenvalue weighted by molar-refractivity contribution is -0.140. The molecule has 0 aromatic heterocycles. The van der Waals surface area contributed by atoms with Crippen LogP contribution in [-0.4, -0.2) is 64.9 Å². The molecule has 4 rings (SSSR count). The van der Waals surface area contributed by atoms with Gasteiger partial charge in [0.2, 0.25) is 17.7 Å². The zero-order valence-corrected chi connectivity index (χ0v) is 20.5. The Morgan fingerprint density at radius 2 is 1.74 bits per heavy atom. The molecule has 5 amide bonds. The fourth-order valence-electron chi connectivity index (χ4n) is 4.37. The van der Waals surface area contributed by atoms with Crippen molar-refractivity contribution in [2.45, 2.75) is 24.6 Å². The summed E-state index contributed by atoms with van der Waals surface area (Å²) < 4.78 is 0. The minimum Gasteiger partial charge on any atom is -0.366 e. The summed E-state index contributed by atoms with van der Waals surface area (Å²) in [5, 5.41) is 9.24. The van der Waals surface area contributed by atoms with Gasteiger partial charge in [-0.3, -0.25) is 29.9 Å². The summed E-state index contributed by atoms with van der Waals surface area (Å²) in [4.78, 5) is 52.3. The minimum atomic E-state index is -0.587. The largest absolute Gasteiger partial charge is 0.366 e. The Bertz CT molecular complexity index is 1160. The summed E-state index contributed by atoms with van der Waals surface area (Å²) >= 11 is 1.31. The van der Waals surface area contributed by atoms with Crippen LogP contribution in [0.15, 0.2) is 48.5 Å². The van der Waals surface area contributed by atoms with Gasteiger partial charge < -0.3 is 16.0 Å². The standard InChI is InChI=1S/C24H28N6O4S/c1-13-6-4-5-7-16(13)20-27-21-18(23(33)30(3)24(34)29(21)2)22(28-20)35-12-17(31)26-15-10-8-14(9-11-15)19(25)32/h4-11,18,20-22,27-28H,12H2,1-3H3,(H2,25,32)(H,26,31). The number of thioether (sulfide) groups is 1. The third kappa shape index (κ3) is 5.02. The summed E-state index contributed by atoms with van der Waals surface area (Å²) in [5.74, 6) is -1.61. The number of carbonyl (C=O) groups excluding carboxylic acids is 4. The second kappa shape index (κ2) is 10.1. The molecule has 184 valence electrons. The van der Waals surface area contributed by atoms with Crippen LogP contribution in [0, 0.1) is 12.8 Å². The van der Waals surface area contributed by atoms with Crippen LogP contribution < -0.4 is 21.7 Å². The molecule has 0 aliphatic carbocycles. The average molecular weight is 497 g/mol. The molecule has 4 unspecified atom stereocenters. The number of amides is 5. The van der Waals surface area contributed by atoms with Gasteiger partial charge in [0.25, 0.3) is 0 Å². The van der Waals surface area contributed by atoms with Gasteiger partial charge in [-0.25, -0.2) is 4.79 Å². The number of hydrogen-bond acceptors (Lipinski definition) is 7. The molecule has 0 radical (unpaired) electrons. The Labute approximate surface area is 207 Å². The Hall–Kier alpha value is -3.41. The lowest BCUT2D eigenvalue weighted by atomic mass is 9.95. The van der Waals surface area contributed by atoms with Gasteiger partial charge in [-0.1, -0.05) is 24.3 Å². The van der Waals surface area contributed by atoms with E-state index < -0.39 is 23.4 Å². The highest BCUT2D eigenvalue weighted by Crippen LogP contribution is 2.35. The van der Waals surface area contributed by atoms with Gasteiger partial charge in [0, 0.05) is 25.3 Å². The fourth-order valence-corrected chi connectivity index (χ4v) is 5.48. The SMILES string of the molecule is Cc1ccccc1C1NC(SCC(=O)Nc2ccc(C(N)=O)cc2)C2C(=O)N(C)C(=O)N(C)C2N1. The first-order valence-electron chi connectivity index (χ1n) is 11.1. The van der Waals surface area contributed by atoms with Crippen LogP contribution in [0.2, 0.25) is 0 Å². The molecule has 2 aliphatic heterocycles. The molecule has 2 fully saturated rings. The zero-order chi connectivity index (χ0) is 25.3. The molecule has 10 nitrogen and oxygen atoms in total. The Morgan fingerprint density at radius 1 is 1.06 bits per heavy atom. The molecule has 0 spiro atoms. The van der Waals surface area contributed by atoms with Gasteiger partial charge in [-0.2, -0.15) is 0 Å². The van der Waals surface area contributed by atoms with E-state index in [-0.39, 0.29) is 29.8 Å². The summed E-state index contributed by atoms with van der Waals surface area (Å²) in [6.45, 7) is 2.00. The van der Waals surface area contributed by atoms with Crippen LogP contribution in [0.3, 0.4) is 0 Å². The van der Waals surface area contributed by atoms with E-state index in [4.69, 9.17) is 5.73 Å². The zero-order valence-electron chi connectivity index (χ0n) is 19.6. The molecule has 0 bridgehead atoms. The molecule has 2 heterocycles. The van der Waals surface area contributed by atoms with Crippen molar-refractivity contribution in [3.8, 4) is 0 Å². The highest BCUT2D eigenvalue weighted by Gasteiger charge is 2.51. The molecule has 2 saturated heterocycles. The molecule has 2 aromatic rings. The van der Waals surface area contributed by atoms with Crippen LogP contribution in [0.4, 0.5) is 10.5 Å². The van der Waals surface area contributed by atoms with Crippen molar-refractivity contribution in [3.63, 3.8) is 0 Å². The maximum Gasteiger partial charge on any atom is 0.327 e. The number of rotatable bonds is 6. The van der Waals surface area contributed by atoms with Crippen molar-refractivity contribution < 1.29 is 19.2 Å². The molecule has 4 atom stereocenters. The number of nitrogens with zero attached hydrogens (tertiary/aromatic N) is 2. The summed E-state index contributed by atoms with van der Waals surface area (Å²) in [7, 11) is 3.13. The first-order chi connectivity index (χ1) is 16.7. The molecule has 35 heavy (non-hydrogen) atoms. The number of imide groups is 1. The fraction of sp³-hybridized carbons (Fsp3) is 0.333. The molecule has 0 saturated carbocycles. The highest BCUT2D eigenvalue weighted by molar-refractivity contribution is 8.00. The highest BCUT2D eigenvalue weighted by atomic mass is 32.2. The lowest BCUT2D eigenvalue weighted by Crippen LogP contribution is -2.72. The van der Waals surface area contributed by atoms with Crippen LogP contribution in [-0.2, 0) is 9.59 Å². The molecule has 2 aliphatic rings. The number of aryl methyl sites for hydroxylation is 1. The molecular weight excluding hydrogens is 468 g/mol. The monoisotopic (exact) mass is 496 g/mol. The van der Waals surface area contributed by atoms with Crippen molar-refractivity contribution in [2.75, 3.05) is 25.2 Å². The minimum absolute atomic E-state index is 0.0770. The van der Waals surface area contributed by atoms with E-state index in [1.165, 1.54) is 23.7 Å². The summed E-state index contributed by atoms with van der Waals surface area (Å²) in [6, 6.07) is 13.8. The topological polar surface area (TPSA) is 137 Å². The normalized spacial score (nSPS) is 24.2. The van der Waals surface area contributed by atoms with Crippen molar-refractivity contribution in [2.24, 2.45) is 11.7 Å². The Balaban J connectivity index is 1.51. The van der Waals surface area contributed by atoms with E-state index >= 15 is 0 Å². The number of nitrogens with two attached hydrogens (primary N) is 1. The van der Waals surface area contributed by atoms with Crippen LogP contribution in [0.25, 0.3) is 0 Å². The van der Waals surface area contributed by atoms with Gasteiger partial charge >= 0.3 is 6.03 Å². The maximum absolute atomic E-state index is 13.1. The summed E-state index contributed by atoms with van der Waals surface area (Å²) in [5.41, 5.74) is 8.20. The summed E-state index contributed by atoms with van der Waals surface area (Å²) in [6.07, 6.45) is -0.843. The average Bonchev–Trinajstić information content (AvgIpc) is 2.85. The van der Waals surface area contributed by atoms with Crippen LogP contribution >= 0.6 is 11.8 Å². The van der Waals surface area contributed by atoms with E-state index in [1.807, 2.05) is 31.2 Å². The van der Waals surface area contributed by atoms with E-state index in [0.29, 0.717) is 11.3 Å². The van der Waals surface area contributed by atoms with E-state index in [1.54, 1.807) is 31.3 Å². The van der Waals surface area contributed by atoms with Crippen LogP contribution in [0.5, 0.6) is 0 Å². The second-order valence-corrected chi connectivity index (χ2v) is 9.74. The van der Waals surface area contributed by atoms with Crippen molar-refractivity contribution in [1.82, 2.24) is 20.4 Å². The van der Waals surface area contributed by atoms with Crippen molar-refractivity contribution in [3.05, 3.63) is 65.2 Å². The van der Waals surface area contributed by atoms with Gasteiger partial charge in [0.1, 0.15) is 0 Å². The smallest absolute Gasteiger partial charge is 0.327 e. The Kier molecular flexibility index (Phi) is 7.10. The van der Waals surface area contributed by atoms with Crippen molar-refractivity contribution in [1.29, 1.82) is 0 Å². The third-order valence-electron chi connectivity index (χ3n) is 6.30. The number of fused-ring (bicyclic) bond motifs is 1. The second-order valence-electron chi connectivity index (χ2n) is 8.61. The quantitative estimate of drug-likeness (QED) is 0.475. The van der Waals surface area contributed by atoms with Gasteiger partial charge in [0.05, 0.1) is 29.4 Å². The number of benzene rings is 2. The van der Waals surface area contributed by atoms with E-state index in [0.717, 1.165) is 16.0 Å². The van der Waals surface area contributed by atoms with Gasteiger partial charge in [-0.15, -0.1) is 11.8 Å². The number of primary amides is 1. The number of hydrogen-bond donors (Lipinski definition) is 4. The molecule has 5 N–H and O–H groups in total. The first kappa shape index (κ1) is 24.7. The van der Waals surface area contributed by atoms with Crippen molar-refractivity contribution >= 4 is 41.2 Å². The van der Waals surface area contributed by atoms with Gasteiger partial charge in [0.15, 0.2) is 0 Å². The number of anilines is 1. The Morgan fingerprint density at radius 3 is 2.40 bits per heavy atom. The van der Waals surface area contributed by atoms with Gasteiger partial charge in [-0.05, 0) is 42.3 Å². The maximum atomic E-state index is 13.1. The lowest BCUT2D eigenvalue weighted by Gasteiger charge is -2.50. The predicted octanol–water partition coefficient (Wildman–Crippen LogP) is 1.45. The third-order valence-corrected chi connectivity index (χ3v) is 7.52. The van der Waals surface area contributed by atoms with Crippen LogP contribution in [0.1, 0.15) is 27.7 Å². The van der Waals surface area contributed by atoms with E-state index in [2.05, 4.69) is 16.0 Å². The number of carbonyl (C=O) groups is 4.